The van der Waals surface area contributed by atoms with Gasteiger partial charge in [0.15, 0.2) is 5.69 Å². The van der Waals surface area contributed by atoms with Crippen LogP contribution in [0.25, 0.3) is 70.3 Å². The molecule has 2 aromatic heterocycles. The average Bonchev–Trinajstić information content (AvgIpc) is 3.87. The highest BCUT2D eigenvalue weighted by atomic mass is 16.3. The molecule has 0 N–H and O–H groups in total. The molecule has 0 bridgehead atoms. The van der Waals surface area contributed by atoms with Crippen LogP contribution in [0, 0.1) is 17.9 Å². The molecular weight excluding hydrogens is 785 g/mol. The summed E-state index contributed by atoms with van der Waals surface area (Å²) in [4.78, 5) is 8.10. The maximum atomic E-state index is 9.52. The Morgan fingerprint density at radius 2 is 0.828 bits per heavy atom. The zero-order valence-electron chi connectivity index (χ0n) is 35.9. The topological polar surface area (TPSA) is 60.9 Å². The maximum Gasteiger partial charge on any atom is 0.187 e. The van der Waals surface area contributed by atoms with E-state index in [4.69, 9.17) is 15.4 Å². The zero-order valence-corrected chi connectivity index (χ0v) is 35.9. The predicted octanol–water partition coefficient (Wildman–Crippen LogP) is 17.4. The lowest BCUT2D eigenvalue weighted by molar-refractivity contribution is 0.663. The summed E-state index contributed by atoms with van der Waals surface area (Å²) in [5.41, 5.74) is 13.1. The summed E-state index contributed by atoms with van der Waals surface area (Å²) in [6.45, 7) is 16.3. The van der Waals surface area contributed by atoms with E-state index in [-0.39, 0.29) is 0 Å². The number of nitrogens with zero attached hydrogens (tertiary/aromatic N) is 4. The van der Waals surface area contributed by atoms with Gasteiger partial charge in [-0.05, 0) is 166 Å². The molecule has 0 saturated heterocycles. The normalized spacial score (nSPS) is 11.7. The molecule has 0 fully saturated rings. The summed E-state index contributed by atoms with van der Waals surface area (Å²) in [5, 5.41) is 18.0. The fraction of sp³-hybridized carbons (Fsp3) is 0.103. The van der Waals surface area contributed by atoms with Crippen LogP contribution in [-0.2, 0) is 0 Å². The lowest BCUT2D eigenvalue weighted by Crippen LogP contribution is -2.10. The van der Waals surface area contributed by atoms with Crippen molar-refractivity contribution in [3.63, 3.8) is 0 Å². The van der Waals surface area contributed by atoms with Crippen molar-refractivity contribution in [3.8, 4) is 6.07 Å². The van der Waals surface area contributed by atoms with E-state index in [1.165, 1.54) is 11.1 Å². The summed E-state index contributed by atoms with van der Waals surface area (Å²) in [6.07, 6.45) is 0. The Balaban J connectivity index is 1.02. The van der Waals surface area contributed by atoms with Crippen molar-refractivity contribution in [2.75, 3.05) is 9.80 Å². The van der Waals surface area contributed by atoms with Crippen molar-refractivity contribution in [2.24, 2.45) is 0 Å². The van der Waals surface area contributed by atoms with Gasteiger partial charge in [0.1, 0.15) is 22.3 Å². The first-order valence-electron chi connectivity index (χ1n) is 21.7. The van der Waals surface area contributed by atoms with Crippen molar-refractivity contribution in [3.05, 3.63) is 198 Å². The summed E-state index contributed by atoms with van der Waals surface area (Å²) in [7, 11) is 0. The zero-order chi connectivity index (χ0) is 43.6. The van der Waals surface area contributed by atoms with Crippen LogP contribution in [-0.4, -0.2) is 0 Å². The molecule has 64 heavy (non-hydrogen) atoms. The second kappa shape index (κ2) is 15.2. The number of hydrogen-bond donors (Lipinski definition) is 0. The van der Waals surface area contributed by atoms with Crippen LogP contribution in [0.3, 0.4) is 0 Å². The third-order valence-electron chi connectivity index (χ3n) is 12.6. The van der Waals surface area contributed by atoms with Gasteiger partial charge in [-0.1, -0.05) is 76.2 Å². The van der Waals surface area contributed by atoms with Gasteiger partial charge in [-0.3, -0.25) is 0 Å². The lowest BCUT2D eigenvalue weighted by atomic mass is 10.00. The number of furan rings is 2. The van der Waals surface area contributed by atoms with Gasteiger partial charge in [0.2, 0.25) is 0 Å². The molecule has 0 atom stereocenters. The molecule has 0 saturated carbocycles. The van der Waals surface area contributed by atoms with E-state index >= 15 is 0 Å². The Morgan fingerprint density at radius 3 is 1.22 bits per heavy atom. The number of hydrogen-bond acceptors (Lipinski definition) is 5. The van der Waals surface area contributed by atoms with E-state index in [1.54, 1.807) is 0 Å². The second-order valence-electron chi connectivity index (χ2n) is 17.2. The van der Waals surface area contributed by atoms with Gasteiger partial charge in [-0.25, -0.2) is 4.85 Å². The molecule has 0 radical (unpaired) electrons. The van der Waals surface area contributed by atoms with Crippen molar-refractivity contribution >= 4 is 105 Å². The van der Waals surface area contributed by atoms with Crippen LogP contribution in [0.4, 0.5) is 39.8 Å². The largest absolute Gasteiger partial charge is 0.456 e. The standard InChI is InChI=1S/C58H42N4O2/c1-35(2)38-8-18-46(19-9-38)61(45-16-6-37(34-59)7-17-45)49-22-12-40-30-51-55(32-42(40)28-49)63-53-26-27-54-58(57(51)53)52-31-41-13-23-50(29-43(41)33-56(52)64-54)62(48-24-14-44(60-5)15-25-48)47-20-10-39(11-21-47)36(3)4/h6-33,35-36H,1-4H3. The van der Waals surface area contributed by atoms with Gasteiger partial charge < -0.3 is 18.6 Å². The van der Waals surface area contributed by atoms with Crippen molar-refractivity contribution in [1.29, 1.82) is 5.26 Å². The van der Waals surface area contributed by atoms with E-state index in [0.717, 1.165) is 99.5 Å². The van der Waals surface area contributed by atoms with Gasteiger partial charge in [0.25, 0.3) is 0 Å². The molecule has 0 aliphatic carbocycles. The average molecular weight is 827 g/mol. The molecule has 0 aliphatic rings. The predicted molar refractivity (Wildman–Crippen MR) is 265 cm³/mol. The summed E-state index contributed by atoms with van der Waals surface area (Å²) in [6, 6.07) is 61.2. The number of nitriles is 1. The van der Waals surface area contributed by atoms with Crippen molar-refractivity contribution < 1.29 is 8.83 Å². The van der Waals surface area contributed by atoms with Crippen LogP contribution in [0.15, 0.2) is 179 Å². The van der Waals surface area contributed by atoms with E-state index in [0.29, 0.717) is 23.1 Å². The molecule has 2 heterocycles. The third-order valence-corrected chi connectivity index (χ3v) is 12.6. The molecule has 11 aromatic rings. The first-order valence-corrected chi connectivity index (χ1v) is 21.7. The fourth-order valence-corrected chi connectivity index (χ4v) is 9.14. The van der Waals surface area contributed by atoms with E-state index in [2.05, 4.69) is 158 Å². The highest BCUT2D eigenvalue weighted by Gasteiger charge is 2.20. The second-order valence-corrected chi connectivity index (χ2v) is 17.2. The Hall–Kier alpha value is -8.32. The van der Waals surface area contributed by atoms with Crippen LogP contribution >= 0.6 is 0 Å². The number of rotatable bonds is 8. The molecule has 306 valence electrons. The molecule has 9 aromatic carbocycles. The fourth-order valence-electron chi connectivity index (χ4n) is 9.14. The maximum absolute atomic E-state index is 9.52. The SMILES string of the molecule is [C-]#[N+]c1ccc(N(c2ccc(C(C)C)cc2)c2ccc3cc4c(cc3c2)oc2ccc3oc5cc6cc(N(c7ccc(C#N)cc7)c7ccc(C(C)C)cc7)ccc6cc5c3c24)cc1. The van der Waals surface area contributed by atoms with E-state index in [1.807, 2.05) is 60.7 Å². The molecule has 6 heteroatoms. The monoisotopic (exact) mass is 826 g/mol. The minimum Gasteiger partial charge on any atom is -0.456 e. The minimum absolute atomic E-state index is 0.427. The van der Waals surface area contributed by atoms with Gasteiger partial charge in [0, 0.05) is 55.7 Å². The highest BCUT2D eigenvalue weighted by molar-refractivity contribution is 6.28. The Morgan fingerprint density at radius 1 is 0.438 bits per heavy atom. The number of fused-ring (bicyclic) bond motifs is 9. The first-order chi connectivity index (χ1) is 31.2. The van der Waals surface area contributed by atoms with Gasteiger partial charge in [-0.15, -0.1) is 0 Å². The Bertz CT molecular complexity index is 3430. The Labute approximate surface area is 371 Å². The van der Waals surface area contributed by atoms with Crippen LogP contribution < -0.4 is 9.80 Å². The highest BCUT2D eigenvalue weighted by Crippen LogP contribution is 2.45. The number of benzene rings is 9. The lowest BCUT2D eigenvalue weighted by Gasteiger charge is -2.26. The molecule has 0 unspecified atom stereocenters. The molecule has 0 aliphatic heterocycles. The van der Waals surface area contributed by atoms with E-state index < -0.39 is 0 Å². The van der Waals surface area contributed by atoms with Gasteiger partial charge in [0.05, 0.1) is 18.2 Å². The van der Waals surface area contributed by atoms with Crippen molar-refractivity contribution in [1.82, 2.24) is 0 Å². The molecule has 0 spiro atoms. The van der Waals surface area contributed by atoms with Crippen LogP contribution in [0.5, 0.6) is 0 Å². The molecular formula is C58H42N4O2. The van der Waals surface area contributed by atoms with Gasteiger partial charge in [-0.2, -0.15) is 5.26 Å². The van der Waals surface area contributed by atoms with Gasteiger partial charge >= 0.3 is 0 Å². The minimum atomic E-state index is 0.427. The summed E-state index contributed by atoms with van der Waals surface area (Å²) >= 11 is 0. The van der Waals surface area contributed by atoms with Crippen LogP contribution in [0.1, 0.15) is 56.2 Å². The van der Waals surface area contributed by atoms with Crippen LogP contribution in [0.2, 0.25) is 0 Å². The quantitative estimate of drug-likeness (QED) is 0.143. The summed E-state index contributed by atoms with van der Waals surface area (Å²) in [5.74, 6) is 0.856. The van der Waals surface area contributed by atoms with Crippen molar-refractivity contribution in [2.45, 2.75) is 39.5 Å². The summed E-state index contributed by atoms with van der Waals surface area (Å²) < 4.78 is 13.3. The van der Waals surface area contributed by atoms with E-state index in [9.17, 15) is 5.26 Å². The molecule has 11 rings (SSSR count). The Kier molecular flexibility index (Phi) is 9.19. The smallest absolute Gasteiger partial charge is 0.187 e. The molecule has 0 amide bonds. The molecule has 6 nitrogen and oxygen atoms in total. The first kappa shape index (κ1) is 38.6. The number of anilines is 6. The third kappa shape index (κ3) is 6.56.